The van der Waals surface area contributed by atoms with Crippen LogP contribution in [0.2, 0.25) is 0 Å². The maximum atomic E-state index is 12.6. The van der Waals surface area contributed by atoms with E-state index in [2.05, 4.69) is 56.4 Å². The molecule has 1 heterocycles. The van der Waals surface area contributed by atoms with Gasteiger partial charge >= 0.3 is 11.9 Å². The summed E-state index contributed by atoms with van der Waals surface area (Å²) in [5, 5.41) is 39.8. The van der Waals surface area contributed by atoms with Gasteiger partial charge in [0.05, 0.1) is 13.2 Å². The largest absolute Gasteiger partial charge is 0.462 e. The second-order valence-corrected chi connectivity index (χ2v) is 12.7. The Morgan fingerprint density at radius 2 is 1.16 bits per heavy atom. The SMILES string of the molecule is CCCCC/C=C/C/C=C/C/C=C/C/C=C/CCCC(=O)O[C@H](COC(=O)CCCCCCCCC)CO[C@H]1O[C@@H](CO)[C@@H](O)C(O)C1O. The molecule has 0 spiro atoms. The zero-order valence-electron chi connectivity index (χ0n) is 30.2. The predicted molar refractivity (Wildman–Crippen MR) is 192 cm³/mol. The average Bonchev–Trinajstić information content (AvgIpc) is 3.10. The number of aliphatic hydroxyl groups is 4. The topological polar surface area (TPSA) is 152 Å². The highest BCUT2D eigenvalue weighted by molar-refractivity contribution is 5.70. The number of rotatable bonds is 29. The summed E-state index contributed by atoms with van der Waals surface area (Å²) in [5.41, 5.74) is 0. The van der Waals surface area contributed by atoms with Crippen LogP contribution in [-0.2, 0) is 28.5 Å². The maximum Gasteiger partial charge on any atom is 0.306 e. The van der Waals surface area contributed by atoms with E-state index in [1.54, 1.807) is 0 Å². The van der Waals surface area contributed by atoms with Crippen LogP contribution in [0, 0.1) is 0 Å². The van der Waals surface area contributed by atoms with E-state index in [0.29, 0.717) is 19.3 Å². The van der Waals surface area contributed by atoms with Crippen molar-refractivity contribution in [2.45, 2.75) is 166 Å². The Labute approximate surface area is 295 Å². The summed E-state index contributed by atoms with van der Waals surface area (Å²) in [6.45, 7) is 3.25. The van der Waals surface area contributed by atoms with Crippen LogP contribution in [0.15, 0.2) is 48.6 Å². The second-order valence-electron chi connectivity index (χ2n) is 12.7. The molecule has 0 bridgehead atoms. The third-order valence-corrected chi connectivity index (χ3v) is 8.22. The first-order valence-electron chi connectivity index (χ1n) is 18.7. The number of carbonyl (C=O) groups is 2. The van der Waals surface area contributed by atoms with Crippen molar-refractivity contribution in [1.29, 1.82) is 0 Å². The minimum atomic E-state index is -1.60. The molecule has 1 fully saturated rings. The minimum Gasteiger partial charge on any atom is -0.462 e. The molecule has 4 N–H and O–H groups in total. The normalized spacial score (nSPS) is 22.1. The molecule has 0 saturated carbocycles. The summed E-state index contributed by atoms with van der Waals surface area (Å²) >= 11 is 0. The van der Waals surface area contributed by atoms with Crippen LogP contribution >= 0.6 is 0 Å². The Balaban J connectivity index is 2.44. The third kappa shape index (κ3) is 22.9. The monoisotopic (exact) mass is 694 g/mol. The molecule has 10 heteroatoms. The zero-order chi connectivity index (χ0) is 36.0. The molecule has 0 aromatic carbocycles. The van der Waals surface area contributed by atoms with Gasteiger partial charge in [0, 0.05) is 12.8 Å². The fourth-order valence-corrected chi connectivity index (χ4v) is 5.18. The lowest BCUT2D eigenvalue weighted by molar-refractivity contribution is -0.305. The lowest BCUT2D eigenvalue weighted by atomic mass is 9.99. The molecule has 1 rings (SSSR count). The molecular formula is C39H66O10. The van der Waals surface area contributed by atoms with Crippen molar-refractivity contribution >= 4 is 11.9 Å². The first kappa shape index (κ1) is 44.7. The Kier molecular flexibility index (Phi) is 27.8. The Bertz CT molecular complexity index is 944. The highest BCUT2D eigenvalue weighted by atomic mass is 16.7. The second kappa shape index (κ2) is 30.5. The Hall–Kier alpha value is -2.34. The van der Waals surface area contributed by atoms with Crippen molar-refractivity contribution in [3.8, 4) is 0 Å². The number of hydrogen-bond acceptors (Lipinski definition) is 10. The Morgan fingerprint density at radius 3 is 1.78 bits per heavy atom. The molecule has 2 unspecified atom stereocenters. The van der Waals surface area contributed by atoms with Gasteiger partial charge in [0.25, 0.3) is 0 Å². The van der Waals surface area contributed by atoms with E-state index in [1.165, 1.54) is 38.5 Å². The van der Waals surface area contributed by atoms with Gasteiger partial charge in [0.15, 0.2) is 12.4 Å². The van der Waals surface area contributed by atoms with E-state index in [0.717, 1.165) is 44.9 Å². The highest BCUT2D eigenvalue weighted by Gasteiger charge is 2.44. The van der Waals surface area contributed by atoms with Gasteiger partial charge in [0.2, 0.25) is 0 Å². The molecule has 0 radical (unpaired) electrons. The quantitative estimate of drug-likeness (QED) is 0.0386. The van der Waals surface area contributed by atoms with Crippen LogP contribution in [0.1, 0.15) is 129 Å². The van der Waals surface area contributed by atoms with Crippen LogP contribution < -0.4 is 0 Å². The van der Waals surface area contributed by atoms with Gasteiger partial charge < -0.3 is 39.4 Å². The van der Waals surface area contributed by atoms with Crippen LogP contribution in [0.3, 0.4) is 0 Å². The van der Waals surface area contributed by atoms with E-state index in [9.17, 15) is 30.0 Å². The van der Waals surface area contributed by atoms with Crippen molar-refractivity contribution in [2.24, 2.45) is 0 Å². The van der Waals surface area contributed by atoms with E-state index in [-0.39, 0.29) is 26.1 Å². The number of esters is 2. The van der Waals surface area contributed by atoms with E-state index in [1.807, 2.05) is 6.08 Å². The van der Waals surface area contributed by atoms with Crippen molar-refractivity contribution in [2.75, 3.05) is 19.8 Å². The van der Waals surface area contributed by atoms with E-state index >= 15 is 0 Å². The van der Waals surface area contributed by atoms with Crippen molar-refractivity contribution < 1.29 is 49.0 Å². The average molecular weight is 695 g/mol. The van der Waals surface area contributed by atoms with Crippen molar-refractivity contribution in [3.63, 3.8) is 0 Å². The summed E-state index contributed by atoms with van der Waals surface area (Å²) in [6, 6.07) is 0. The summed E-state index contributed by atoms with van der Waals surface area (Å²) in [6.07, 6.45) is 25.8. The molecule has 6 atom stereocenters. The Morgan fingerprint density at radius 1 is 0.633 bits per heavy atom. The fraction of sp³-hybridized carbons (Fsp3) is 0.744. The molecule has 49 heavy (non-hydrogen) atoms. The molecule has 0 aliphatic carbocycles. The lowest BCUT2D eigenvalue weighted by Crippen LogP contribution is -2.59. The summed E-state index contributed by atoms with van der Waals surface area (Å²) < 4.78 is 21.9. The first-order valence-corrected chi connectivity index (χ1v) is 18.7. The van der Waals surface area contributed by atoms with Gasteiger partial charge in [0.1, 0.15) is 31.0 Å². The third-order valence-electron chi connectivity index (χ3n) is 8.22. The molecule has 1 aliphatic rings. The number of aliphatic hydroxyl groups excluding tert-OH is 4. The van der Waals surface area contributed by atoms with Gasteiger partial charge in [-0.25, -0.2) is 0 Å². The van der Waals surface area contributed by atoms with Crippen LogP contribution in [0.4, 0.5) is 0 Å². The molecule has 0 aromatic rings. The molecule has 10 nitrogen and oxygen atoms in total. The molecular weight excluding hydrogens is 628 g/mol. The van der Waals surface area contributed by atoms with Crippen LogP contribution in [0.5, 0.6) is 0 Å². The molecule has 1 aliphatic heterocycles. The number of ether oxygens (including phenoxy) is 4. The van der Waals surface area contributed by atoms with Crippen molar-refractivity contribution in [1.82, 2.24) is 0 Å². The van der Waals surface area contributed by atoms with E-state index in [4.69, 9.17) is 18.9 Å². The number of unbranched alkanes of at least 4 members (excludes halogenated alkanes) is 10. The summed E-state index contributed by atoms with van der Waals surface area (Å²) in [5.74, 6) is -0.885. The van der Waals surface area contributed by atoms with Gasteiger partial charge in [-0.3, -0.25) is 9.59 Å². The van der Waals surface area contributed by atoms with Gasteiger partial charge in [-0.2, -0.15) is 0 Å². The minimum absolute atomic E-state index is 0.153. The summed E-state index contributed by atoms with van der Waals surface area (Å²) in [7, 11) is 0. The van der Waals surface area contributed by atoms with Crippen LogP contribution in [-0.4, -0.2) is 89.0 Å². The molecule has 0 aromatic heterocycles. The number of hydrogen-bond donors (Lipinski definition) is 4. The van der Waals surface area contributed by atoms with Crippen LogP contribution in [0.25, 0.3) is 0 Å². The fourth-order valence-electron chi connectivity index (χ4n) is 5.18. The van der Waals surface area contributed by atoms with Gasteiger partial charge in [-0.05, 0) is 51.4 Å². The lowest BCUT2D eigenvalue weighted by Gasteiger charge is -2.39. The summed E-state index contributed by atoms with van der Waals surface area (Å²) in [4.78, 5) is 25.0. The molecule has 1 saturated heterocycles. The van der Waals surface area contributed by atoms with E-state index < -0.39 is 55.4 Å². The first-order chi connectivity index (χ1) is 23.8. The smallest absolute Gasteiger partial charge is 0.306 e. The van der Waals surface area contributed by atoms with Crippen molar-refractivity contribution in [3.05, 3.63) is 48.6 Å². The standard InChI is InChI=1S/C39H66O10/c1-3-5-7-9-11-12-13-14-15-16-17-18-19-20-22-24-26-28-35(42)48-32(30-46-34(41)27-25-23-21-10-8-6-4-2)31-47-39-38(45)37(44)36(43)33(29-40)49-39/h11-12,14-15,17-18,20,22,32-33,36-40,43-45H,3-10,13,16,19,21,23-31H2,1-2H3/b12-11+,15-14+,18-17+,22-20+/t32-,33+,36-,37?,38?,39+/m1/s1. The van der Waals surface area contributed by atoms with Gasteiger partial charge in [-0.1, -0.05) is 114 Å². The number of allylic oxidation sites excluding steroid dienone is 8. The molecule has 282 valence electrons. The maximum absolute atomic E-state index is 12.6. The highest BCUT2D eigenvalue weighted by Crippen LogP contribution is 2.22. The zero-order valence-corrected chi connectivity index (χ0v) is 30.2. The predicted octanol–water partition coefficient (Wildman–Crippen LogP) is 6.54. The van der Waals surface area contributed by atoms with Gasteiger partial charge in [-0.15, -0.1) is 0 Å². The number of carbonyl (C=O) groups excluding carboxylic acids is 2. The molecule has 0 amide bonds.